The van der Waals surface area contributed by atoms with Crippen LogP contribution in [0.3, 0.4) is 0 Å². The minimum absolute atomic E-state index is 0.115. The highest BCUT2D eigenvalue weighted by Crippen LogP contribution is 2.43. The van der Waals surface area contributed by atoms with Crippen molar-refractivity contribution in [3.63, 3.8) is 0 Å². The van der Waals surface area contributed by atoms with Crippen LogP contribution in [0.2, 0.25) is 0 Å². The molecule has 138 valence electrons. The number of fused-ring (bicyclic) bond motifs is 3. The maximum absolute atomic E-state index is 2.54. The molecular weight excluding hydrogens is 340 g/mol. The highest BCUT2D eigenvalue weighted by molar-refractivity contribution is 5.72. The van der Waals surface area contributed by atoms with Gasteiger partial charge in [-0.25, -0.2) is 4.57 Å². The molecule has 2 nitrogen and oxygen atoms in total. The Morgan fingerprint density at radius 2 is 1.39 bits per heavy atom. The number of rotatable bonds is 2. The largest absolute Gasteiger partial charge is 0.295 e. The van der Waals surface area contributed by atoms with E-state index in [1.165, 1.54) is 45.2 Å². The van der Waals surface area contributed by atoms with Crippen LogP contribution in [0.15, 0.2) is 78.9 Å². The van der Waals surface area contributed by atoms with Crippen LogP contribution >= 0.6 is 0 Å². The molecule has 1 aliphatic rings. The molecule has 28 heavy (non-hydrogen) atoms. The van der Waals surface area contributed by atoms with E-state index < -0.39 is 0 Å². The van der Waals surface area contributed by atoms with Crippen molar-refractivity contribution < 1.29 is 4.57 Å². The molecule has 4 aromatic rings. The smallest absolute Gasteiger partial charge is 0.213 e. The first-order chi connectivity index (χ1) is 13.5. The van der Waals surface area contributed by atoms with Crippen LogP contribution in [-0.4, -0.2) is 4.57 Å². The van der Waals surface area contributed by atoms with Crippen molar-refractivity contribution in [1.82, 2.24) is 4.57 Å². The maximum atomic E-state index is 2.54. The summed E-state index contributed by atoms with van der Waals surface area (Å²) in [5.41, 5.74) is 8.99. The van der Waals surface area contributed by atoms with Gasteiger partial charge in [0.1, 0.15) is 11.2 Å². The van der Waals surface area contributed by atoms with Gasteiger partial charge in [-0.15, -0.1) is 0 Å². The Morgan fingerprint density at radius 3 is 2.14 bits per heavy atom. The second kappa shape index (κ2) is 5.93. The minimum Gasteiger partial charge on any atom is -0.213 e. The molecule has 0 radical (unpaired) electrons. The molecule has 0 bridgehead atoms. The third-order valence-corrected chi connectivity index (χ3v) is 6.11. The monoisotopic (exact) mass is 365 g/mol. The molecule has 0 fully saturated rings. The fourth-order valence-corrected chi connectivity index (χ4v) is 4.79. The van der Waals surface area contributed by atoms with Gasteiger partial charge >= 0.3 is 0 Å². The van der Waals surface area contributed by atoms with E-state index in [9.17, 15) is 0 Å². The molecule has 1 aromatic heterocycles. The number of hydrogen-bond donors (Lipinski definition) is 0. The van der Waals surface area contributed by atoms with E-state index in [0.29, 0.717) is 0 Å². The lowest BCUT2D eigenvalue weighted by Gasteiger charge is -2.20. The van der Waals surface area contributed by atoms with Crippen LogP contribution in [0.5, 0.6) is 0 Å². The van der Waals surface area contributed by atoms with E-state index >= 15 is 0 Å². The zero-order valence-electron chi connectivity index (χ0n) is 16.9. The molecule has 0 aliphatic carbocycles. The molecule has 0 atom stereocenters. The summed E-state index contributed by atoms with van der Waals surface area (Å²) in [5.74, 6) is 1.24. The zero-order valence-corrected chi connectivity index (χ0v) is 16.9. The molecule has 1 aliphatic heterocycles. The van der Waals surface area contributed by atoms with E-state index in [1.807, 2.05) is 0 Å². The fourth-order valence-electron chi connectivity index (χ4n) is 4.79. The highest BCUT2D eigenvalue weighted by Gasteiger charge is 2.47. The van der Waals surface area contributed by atoms with E-state index in [4.69, 9.17) is 0 Å². The van der Waals surface area contributed by atoms with Gasteiger partial charge in [-0.2, -0.15) is 4.57 Å². The van der Waals surface area contributed by atoms with Crippen molar-refractivity contribution in [1.29, 1.82) is 0 Å². The molecule has 3 aromatic carbocycles. The molecule has 0 saturated heterocycles. The van der Waals surface area contributed by atoms with Gasteiger partial charge in [0, 0.05) is 18.1 Å². The molecule has 2 heterocycles. The SMILES string of the molecule is Cc1ccccc1-n1c(C)c2[n+](c1-c1ccccc1)C(C)(C)c1ccccc1-2. The van der Waals surface area contributed by atoms with E-state index in [2.05, 4.69) is 116 Å². The Labute approximate surface area is 166 Å². The molecule has 0 N–H and O–H groups in total. The van der Waals surface area contributed by atoms with Crippen LogP contribution in [0.25, 0.3) is 28.3 Å². The van der Waals surface area contributed by atoms with Crippen LogP contribution in [0.1, 0.15) is 30.7 Å². The summed E-state index contributed by atoms with van der Waals surface area (Å²) in [7, 11) is 0. The second-order valence-electron chi connectivity index (χ2n) is 8.19. The van der Waals surface area contributed by atoms with Gasteiger partial charge in [-0.1, -0.05) is 60.7 Å². The molecule has 2 heteroatoms. The summed E-state index contributed by atoms with van der Waals surface area (Å²) >= 11 is 0. The zero-order chi connectivity index (χ0) is 19.5. The summed E-state index contributed by atoms with van der Waals surface area (Å²) in [6, 6.07) is 28.3. The topological polar surface area (TPSA) is 8.81 Å². The van der Waals surface area contributed by atoms with Crippen LogP contribution < -0.4 is 4.57 Å². The average Bonchev–Trinajstić information content (AvgIpc) is 3.14. The molecule has 0 saturated carbocycles. The van der Waals surface area contributed by atoms with E-state index in [-0.39, 0.29) is 5.54 Å². The van der Waals surface area contributed by atoms with Crippen molar-refractivity contribution >= 4 is 0 Å². The Kier molecular flexibility index (Phi) is 3.60. The lowest BCUT2D eigenvalue weighted by atomic mass is 9.92. The summed E-state index contributed by atoms with van der Waals surface area (Å²) in [5, 5.41) is 0. The number of hydrogen-bond acceptors (Lipinski definition) is 0. The van der Waals surface area contributed by atoms with Gasteiger partial charge in [0.05, 0.1) is 5.56 Å². The van der Waals surface area contributed by atoms with Gasteiger partial charge in [0.25, 0.3) is 5.82 Å². The predicted octanol–water partition coefficient (Wildman–Crippen LogP) is 5.81. The predicted molar refractivity (Wildman–Crippen MR) is 115 cm³/mol. The highest BCUT2D eigenvalue weighted by atomic mass is 15.2. The molecular formula is C26H25N2+. The standard InChI is InChI=1S/C26H25N2/c1-18-12-8-11-17-23(18)27-19(2)24-21-15-9-10-16-22(21)26(3,4)28(24)25(27)20-13-6-5-7-14-20/h5-17H,1-4H3/q+1. The molecule has 0 amide bonds. The van der Waals surface area contributed by atoms with Crippen LogP contribution in [0.4, 0.5) is 0 Å². The van der Waals surface area contributed by atoms with Crippen molar-refractivity contribution in [2.45, 2.75) is 33.2 Å². The van der Waals surface area contributed by atoms with Gasteiger partial charge in [-0.05, 0) is 44.5 Å². The lowest BCUT2D eigenvalue weighted by molar-refractivity contribution is -0.721. The Bertz CT molecular complexity index is 1200. The number of aromatic nitrogens is 2. The Morgan fingerprint density at radius 1 is 0.750 bits per heavy atom. The van der Waals surface area contributed by atoms with E-state index in [1.54, 1.807) is 0 Å². The number of nitrogens with zero attached hydrogens (tertiary/aromatic N) is 2. The summed E-state index contributed by atoms with van der Waals surface area (Å²) in [6.45, 7) is 9.11. The summed E-state index contributed by atoms with van der Waals surface area (Å²) in [6.07, 6.45) is 0. The maximum Gasteiger partial charge on any atom is 0.295 e. The third kappa shape index (κ3) is 2.18. The van der Waals surface area contributed by atoms with Crippen LogP contribution in [0, 0.1) is 13.8 Å². The quantitative estimate of drug-likeness (QED) is 0.396. The van der Waals surface area contributed by atoms with Crippen LogP contribution in [-0.2, 0) is 5.54 Å². The number of imidazole rings is 1. The molecule has 5 rings (SSSR count). The first-order valence-corrected chi connectivity index (χ1v) is 9.91. The number of aryl methyl sites for hydroxylation is 1. The fraction of sp³-hybridized carbons (Fsp3) is 0.192. The van der Waals surface area contributed by atoms with Gasteiger partial charge in [0.15, 0.2) is 11.4 Å². The van der Waals surface area contributed by atoms with Crippen molar-refractivity contribution in [2.24, 2.45) is 0 Å². The normalized spacial score (nSPS) is 14.0. The summed E-state index contributed by atoms with van der Waals surface area (Å²) in [4.78, 5) is 0. The average molecular weight is 366 g/mol. The van der Waals surface area contributed by atoms with Crippen molar-refractivity contribution in [3.05, 3.63) is 95.7 Å². The van der Waals surface area contributed by atoms with Gasteiger partial charge < -0.3 is 0 Å². The van der Waals surface area contributed by atoms with E-state index in [0.717, 1.165) is 0 Å². The summed E-state index contributed by atoms with van der Waals surface area (Å²) < 4.78 is 4.98. The number of benzene rings is 3. The van der Waals surface area contributed by atoms with Gasteiger partial charge in [-0.3, -0.25) is 0 Å². The Hall–Kier alpha value is -3.13. The second-order valence-corrected chi connectivity index (χ2v) is 8.19. The molecule has 0 spiro atoms. The lowest BCUT2D eigenvalue weighted by Crippen LogP contribution is -2.51. The van der Waals surface area contributed by atoms with Gasteiger partial charge in [0.2, 0.25) is 0 Å². The third-order valence-electron chi connectivity index (χ3n) is 6.11. The number of para-hydroxylation sites is 1. The van der Waals surface area contributed by atoms with Crippen molar-refractivity contribution in [3.8, 4) is 28.3 Å². The first kappa shape index (κ1) is 17.0. The first-order valence-electron chi connectivity index (χ1n) is 9.91. The minimum atomic E-state index is -0.115. The van der Waals surface area contributed by atoms with Crippen molar-refractivity contribution in [2.75, 3.05) is 0 Å². The molecule has 0 unspecified atom stereocenters. The Balaban J connectivity index is 1.96.